The number of phosphoric acid groups is 1. The first kappa shape index (κ1) is 66.5. The Morgan fingerprint density at radius 3 is 1.00 bits per heavy atom. The summed E-state index contributed by atoms with van der Waals surface area (Å²) in [6, 6.07) is -0.755. The number of aliphatic hydroxyl groups excluding tert-OH is 1. The summed E-state index contributed by atoms with van der Waals surface area (Å²) >= 11 is 0. The number of nitrogens with one attached hydrogen (secondary N) is 1. The number of phosphoric ester groups is 1. The van der Waals surface area contributed by atoms with Gasteiger partial charge in [0.2, 0.25) is 5.91 Å². The lowest BCUT2D eigenvalue weighted by Gasteiger charge is -2.26. The number of quaternary nitrogens is 1. The molecule has 3 N–H and O–H groups in total. The Bertz CT molecular complexity index is 1060. The van der Waals surface area contributed by atoms with Crippen LogP contribution in [0.2, 0.25) is 0 Å². The fourth-order valence-electron chi connectivity index (χ4n) is 9.40. The lowest BCUT2D eigenvalue weighted by molar-refractivity contribution is -0.870. The van der Waals surface area contributed by atoms with E-state index >= 15 is 0 Å². The molecule has 3 atom stereocenters. The highest BCUT2D eigenvalue weighted by molar-refractivity contribution is 7.47. The SMILES string of the molecule is CCCCCCCCCCCCCCCCCCCCCCCCCCCCC(=O)NC(COP(=O)(O)OCC[N+](C)(C)C)C(O)CCCCCCCCCCCCCCCCCCCCC. The van der Waals surface area contributed by atoms with E-state index in [1.165, 1.54) is 250 Å². The van der Waals surface area contributed by atoms with Crippen LogP contribution in [0, 0.1) is 0 Å². The summed E-state index contributed by atoms with van der Waals surface area (Å²) in [6.45, 7) is 4.95. The summed E-state index contributed by atoms with van der Waals surface area (Å²) in [5.74, 6) is -0.135. The first-order valence-electron chi connectivity index (χ1n) is 29.9. The van der Waals surface area contributed by atoms with E-state index in [0.29, 0.717) is 23.9 Å². The van der Waals surface area contributed by atoms with Crippen LogP contribution in [-0.4, -0.2) is 73.4 Å². The van der Waals surface area contributed by atoms with Crippen LogP contribution in [0.4, 0.5) is 0 Å². The molecule has 0 aliphatic rings. The lowest BCUT2D eigenvalue weighted by Crippen LogP contribution is -2.46. The van der Waals surface area contributed by atoms with Crippen LogP contribution in [-0.2, 0) is 18.4 Å². The molecule has 0 bridgehead atoms. The fraction of sp³-hybridized carbons (Fsp3) is 0.983. The number of likely N-dealkylation sites (N-methyl/N-ethyl adjacent to an activating group) is 1. The summed E-state index contributed by atoms with van der Waals surface area (Å²) in [5, 5.41) is 14.1. The van der Waals surface area contributed by atoms with Crippen molar-refractivity contribution in [2.45, 2.75) is 328 Å². The second-order valence-electron chi connectivity index (χ2n) is 22.1. The molecule has 0 saturated carbocycles. The zero-order valence-electron chi connectivity index (χ0n) is 45.9. The van der Waals surface area contributed by atoms with E-state index in [9.17, 15) is 19.4 Å². The average molecular weight is 973 g/mol. The third kappa shape index (κ3) is 53.1. The number of rotatable bonds is 56. The maximum Gasteiger partial charge on any atom is 0.472 e. The van der Waals surface area contributed by atoms with Crippen molar-refractivity contribution in [2.75, 3.05) is 40.9 Å². The fourth-order valence-corrected chi connectivity index (χ4v) is 10.1. The molecule has 0 aromatic carbocycles. The van der Waals surface area contributed by atoms with Gasteiger partial charge in [0.1, 0.15) is 13.2 Å². The molecule has 8 nitrogen and oxygen atoms in total. The molecule has 0 spiro atoms. The average Bonchev–Trinajstić information content (AvgIpc) is 3.29. The second kappa shape index (κ2) is 50.4. The van der Waals surface area contributed by atoms with E-state index < -0.39 is 20.0 Å². The Hall–Kier alpha value is -0.500. The minimum Gasteiger partial charge on any atom is -0.391 e. The number of carbonyl (C=O) groups is 1. The van der Waals surface area contributed by atoms with Gasteiger partial charge in [-0.1, -0.05) is 296 Å². The number of nitrogens with zero attached hydrogens (tertiary/aromatic N) is 1. The Morgan fingerprint density at radius 2 is 0.716 bits per heavy atom. The van der Waals surface area contributed by atoms with E-state index in [4.69, 9.17) is 9.05 Å². The largest absolute Gasteiger partial charge is 0.472 e. The summed E-state index contributed by atoms with van der Waals surface area (Å²) in [6.07, 6.45) is 60.2. The van der Waals surface area contributed by atoms with Gasteiger partial charge in [-0.05, 0) is 12.8 Å². The number of carbonyl (C=O) groups excluding carboxylic acids is 1. The van der Waals surface area contributed by atoms with Crippen LogP contribution in [0.5, 0.6) is 0 Å². The molecule has 0 saturated heterocycles. The van der Waals surface area contributed by atoms with Gasteiger partial charge in [0, 0.05) is 6.42 Å². The highest BCUT2D eigenvalue weighted by atomic mass is 31.2. The van der Waals surface area contributed by atoms with Crippen molar-refractivity contribution in [1.29, 1.82) is 0 Å². The quantitative estimate of drug-likeness (QED) is 0.0319. The van der Waals surface area contributed by atoms with Gasteiger partial charge in [0.05, 0.1) is 39.9 Å². The summed E-state index contributed by atoms with van der Waals surface area (Å²) in [5.41, 5.74) is 0. The number of hydrogen-bond donors (Lipinski definition) is 3. The van der Waals surface area contributed by atoms with Gasteiger partial charge in [-0.3, -0.25) is 13.8 Å². The highest BCUT2D eigenvalue weighted by Crippen LogP contribution is 2.43. The lowest BCUT2D eigenvalue weighted by atomic mass is 10.0. The molecule has 3 unspecified atom stereocenters. The third-order valence-electron chi connectivity index (χ3n) is 14.1. The molecule has 0 fully saturated rings. The number of unbranched alkanes of at least 4 members (excludes halogenated alkanes) is 43. The molecule has 0 aromatic rings. The number of hydrogen-bond acceptors (Lipinski definition) is 5. The Kier molecular flexibility index (Phi) is 50.1. The van der Waals surface area contributed by atoms with Gasteiger partial charge in [0.15, 0.2) is 0 Å². The zero-order valence-corrected chi connectivity index (χ0v) is 46.8. The van der Waals surface area contributed by atoms with E-state index in [-0.39, 0.29) is 19.1 Å². The summed E-state index contributed by atoms with van der Waals surface area (Å²) < 4.78 is 23.8. The van der Waals surface area contributed by atoms with Gasteiger partial charge >= 0.3 is 7.82 Å². The summed E-state index contributed by atoms with van der Waals surface area (Å²) in [4.78, 5) is 23.3. The van der Waals surface area contributed by atoms with Crippen LogP contribution < -0.4 is 5.32 Å². The van der Waals surface area contributed by atoms with E-state index in [1.807, 2.05) is 21.1 Å². The molecule has 0 radical (unpaired) electrons. The van der Waals surface area contributed by atoms with E-state index in [1.54, 1.807) is 0 Å². The standard InChI is InChI=1S/C58H119N2O6P/c1-6-8-10-12-14-16-18-20-22-24-26-27-28-29-30-31-32-34-36-38-40-42-44-46-48-50-52-58(62)59-56(55-66-67(63,64)65-54-53-60(3,4)5)57(61)51-49-47-45-43-41-39-37-35-33-25-23-21-19-17-15-13-11-9-7-2/h56-57,61H,6-55H2,1-5H3,(H-,59,62,63,64)/p+1. The molecule has 402 valence electrons. The Balaban J connectivity index is 4.08. The predicted molar refractivity (Wildman–Crippen MR) is 291 cm³/mol. The molecule has 1 amide bonds. The molecular formula is C58H120N2O6P+. The molecule has 67 heavy (non-hydrogen) atoms. The zero-order chi connectivity index (χ0) is 49.2. The molecule has 0 rings (SSSR count). The van der Waals surface area contributed by atoms with E-state index in [2.05, 4.69) is 19.2 Å². The molecule has 0 aromatic heterocycles. The number of aliphatic hydroxyl groups is 1. The van der Waals surface area contributed by atoms with Crippen LogP contribution in [0.25, 0.3) is 0 Å². The van der Waals surface area contributed by atoms with Crippen LogP contribution >= 0.6 is 7.82 Å². The van der Waals surface area contributed by atoms with Gasteiger partial charge in [-0.25, -0.2) is 4.57 Å². The van der Waals surface area contributed by atoms with Crippen molar-refractivity contribution in [2.24, 2.45) is 0 Å². The maximum absolute atomic E-state index is 13.0. The molecule has 0 aliphatic carbocycles. The predicted octanol–water partition coefficient (Wildman–Crippen LogP) is 18.0. The number of amides is 1. The van der Waals surface area contributed by atoms with Gasteiger partial charge in [-0.2, -0.15) is 0 Å². The monoisotopic (exact) mass is 972 g/mol. The van der Waals surface area contributed by atoms with Crippen LogP contribution in [0.3, 0.4) is 0 Å². The maximum atomic E-state index is 13.0. The van der Waals surface area contributed by atoms with Crippen molar-refractivity contribution in [1.82, 2.24) is 5.32 Å². The highest BCUT2D eigenvalue weighted by Gasteiger charge is 2.28. The van der Waals surface area contributed by atoms with Gasteiger partial charge < -0.3 is 19.8 Å². The Labute approximate surface area is 419 Å². The molecular weight excluding hydrogens is 852 g/mol. The second-order valence-corrected chi connectivity index (χ2v) is 23.5. The topological polar surface area (TPSA) is 105 Å². The smallest absolute Gasteiger partial charge is 0.391 e. The first-order chi connectivity index (χ1) is 32.5. The van der Waals surface area contributed by atoms with Crippen molar-refractivity contribution in [3.63, 3.8) is 0 Å². The van der Waals surface area contributed by atoms with Crippen LogP contribution in [0.1, 0.15) is 316 Å². The Morgan fingerprint density at radius 1 is 0.448 bits per heavy atom. The van der Waals surface area contributed by atoms with Crippen LogP contribution in [0.15, 0.2) is 0 Å². The third-order valence-corrected chi connectivity index (χ3v) is 15.1. The van der Waals surface area contributed by atoms with Gasteiger partial charge in [0.25, 0.3) is 0 Å². The molecule has 9 heteroatoms. The van der Waals surface area contributed by atoms with E-state index in [0.717, 1.165) is 38.5 Å². The molecule has 0 heterocycles. The van der Waals surface area contributed by atoms with Gasteiger partial charge in [-0.15, -0.1) is 0 Å². The minimum atomic E-state index is -4.32. The normalized spacial score (nSPS) is 13.8. The van der Waals surface area contributed by atoms with Crippen molar-refractivity contribution in [3.8, 4) is 0 Å². The van der Waals surface area contributed by atoms with Crippen molar-refractivity contribution >= 4 is 13.7 Å². The van der Waals surface area contributed by atoms with Crippen molar-refractivity contribution in [3.05, 3.63) is 0 Å². The summed E-state index contributed by atoms with van der Waals surface area (Å²) in [7, 11) is 1.64. The molecule has 0 aliphatic heterocycles. The first-order valence-corrected chi connectivity index (χ1v) is 31.4. The minimum absolute atomic E-state index is 0.0792. The van der Waals surface area contributed by atoms with Crippen molar-refractivity contribution < 1.29 is 32.9 Å².